The van der Waals surface area contributed by atoms with Gasteiger partial charge in [0.05, 0.1) is 12.1 Å². The van der Waals surface area contributed by atoms with Crippen molar-refractivity contribution in [1.82, 2.24) is 5.32 Å². The molecular formula is C21H24N2O6. The van der Waals surface area contributed by atoms with Gasteiger partial charge in [0.2, 0.25) is 0 Å². The van der Waals surface area contributed by atoms with Crippen molar-refractivity contribution in [2.45, 2.75) is 33.2 Å². The third-order valence-corrected chi connectivity index (χ3v) is 4.02. The number of carbonyl (C=O) groups is 2. The highest BCUT2D eigenvalue weighted by molar-refractivity contribution is 5.89. The maximum atomic E-state index is 12.0. The van der Waals surface area contributed by atoms with Crippen LogP contribution in [0.1, 0.15) is 43.7 Å². The lowest BCUT2D eigenvalue weighted by molar-refractivity contribution is -0.402. The molecule has 0 unspecified atom stereocenters. The maximum absolute atomic E-state index is 12.0. The van der Waals surface area contributed by atoms with Gasteiger partial charge in [-0.25, -0.2) is 4.79 Å². The van der Waals surface area contributed by atoms with E-state index in [1.807, 2.05) is 31.2 Å². The number of amides is 1. The molecule has 8 heteroatoms. The number of hydrogen-bond donors (Lipinski definition) is 1. The van der Waals surface area contributed by atoms with Crippen LogP contribution in [-0.4, -0.2) is 23.4 Å². The van der Waals surface area contributed by atoms with Crippen LogP contribution >= 0.6 is 0 Å². The van der Waals surface area contributed by atoms with Gasteiger partial charge in [0, 0.05) is 6.08 Å². The van der Waals surface area contributed by atoms with E-state index < -0.39 is 29.3 Å². The molecule has 1 N–H and O–H groups in total. The van der Waals surface area contributed by atoms with Crippen molar-refractivity contribution in [3.05, 3.63) is 69.5 Å². The van der Waals surface area contributed by atoms with Gasteiger partial charge in [-0.2, -0.15) is 0 Å². The first-order valence-corrected chi connectivity index (χ1v) is 9.22. The molecule has 0 saturated heterocycles. The van der Waals surface area contributed by atoms with Gasteiger partial charge in [-0.3, -0.25) is 14.9 Å². The molecule has 154 valence electrons. The summed E-state index contributed by atoms with van der Waals surface area (Å²) in [5, 5.41) is 13.3. The molecule has 2 aromatic rings. The molecule has 0 aliphatic rings. The third-order valence-electron chi connectivity index (χ3n) is 4.02. The Morgan fingerprint density at radius 3 is 2.45 bits per heavy atom. The van der Waals surface area contributed by atoms with E-state index in [9.17, 15) is 19.7 Å². The molecule has 0 fully saturated rings. The van der Waals surface area contributed by atoms with Gasteiger partial charge >= 0.3 is 11.9 Å². The Kier molecular flexibility index (Phi) is 7.70. The number of benzene rings is 1. The second-order valence-electron chi connectivity index (χ2n) is 7.00. The molecule has 0 bridgehead atoms. The SMILES string of the molecule is CC(C)Cc1ccc([C@@H](C)NC(=O)COC(=O)/C=C/c2ccc([N+](=O)[O-])o2)cc1. The van der Waals surface area contributed by atoms with Crippen molar-refractivity contribution in [1.29, 1.82) is 0 Å². The summed E-state index contributed by atoms with van der Waals surface area (Å²) < 4.78 is 9.75. The van der Waals surface area contributed by atoms with Crippen LogP contribution < -0.4 is 5.32 Å². The van der Waals surface area contributed by atoms with Crippen LogP contribution in [0.3, 0.4) is 0 Å². The summed E-state index contributed by atoms with van der Waals surface area (Å²) in [7, 11) is 0. The quantitative estimate of drug-likeness (QED) is 0.296. The first kappa shape index (κ1) is 21.9. The summed E-state index contributed by atoms with van der Waals surface area (Å²) in [5.74, 6) is -0.912. The van der Waals surface area contributed by atoms with E-state index >= 15 is 0 Å². The van der Waals surface area contributed by atoms with Gasteiger partial charge < -0.3 is 14.5 Å². The Morgan fingerprint density at radius 1 is 1.17 bits per heavy atom. The molecule has 0 aliphatic heterocycles. The number of hydrogen-bond acceptors (Lipinski definition) is 6. The Labute approximate surface area is 168 Å². The Balaban J connectivity index is 1.78. The number of nitro groups is 1. The van der Waals surface area contributed by atoms with E-state index in [2.05, 4.69) is 19.2 Å². The van der Waals surface area contributed by atoms with Crippen LogP contribution in [0.5, 0.6) is 0 Å². The van der Waals surface area contributed by atoms with Crippen molar-refractivity contribution in [2.24, 2.45) is 5.92 Å². The maximum Gasteiger partial charge on any atom is 0.433 e. The van der Waals surface area contributed by atoms with Crippen LogP contribution in [0.2, 0.25) is 0 Å². The van der Waals surface area contributed by atoms with Crippen LogP contribution in [0, 0.1) is 16.0 Å². The molecule has 8 nitrogen and oxygen atoms in total. The number of nitrogens with zero attached hydrogens (tertiary/aromatic N) is 1. The van der Waals surface area contributed by atoms with Crippen LogP contribution in [-0.2, 0) is 20.7 Å². The summed E-state index contributed by atoms with van der Waals surface area (Å²) in [5.41, 5.74) is 2.20. The van der Waals surface area contributed by atoms with E-state index in [0.717, 1.165) is 18.1 Å². The lowest BCUT2D eigenvalue weighted by Crippen LogP contribution is -2.30. The fourth-order valence-corrected chi connectivity index (χ4v) is 2.65. The summed E-state index contributed by atoms with van der Waals surface area (Å²) in [6, 6.07) is 10.3. The first-order chi connectivity index (χ1) is 13.7. The minimum atomic E-state index is -0.759. The number of rotatable bonds is 9. The summed E-state index contributed by atoms with van der Waals surface area (Å²) >= 11 is 0. The van der Waals surface area contributed by atoms with Gasteiger partial charge in [0.25, 0.3) is 5.91 Å². The second-order valence-corrected chi connectivity index (χ2v) is 7.00. The highest BCUT2D eigenvalue weighted by atomic mass is 16.6. The number of carbonyl (C=O) groups excluding carboxylic acids is 2. The number of nitrogens with one attached hydrogen (secondary N) is 1. The van der Waals surface area contributed by atoms with Crippen LogP contribution in [0.15, 0.2) is 46.9 Å². The normalized spacial score (nSPS) is 12.1. The van der Waals surface area contributed by atoms with E-state index in [1.54, 1.807) is 0 Å². The van der Waals surface area contributed by atoms with Gasteiger partial charge in [0.15, 0.2) is 6.61 Å². The van der Waals surface area contributed by atoms with Gasteiger partial charge in [-0.1, -0.05) is 38.1 Å². The molecule has 1 aromatic carbocycles. The standard InChI is InChI=1S/C21H24N2O6/c1-14(2)12-16-4-6-17(7-5-16)15(3)22-19(24)13-28-21(25)11-9-18-8-10-20(29-18)23(26)27/h4-11,14-15H,12-13H2,1-3H3,(H,22,24)/b11-9+/t15-/m1/s1. The molecule has 29 heavy (non-hydrogen) atoms. The van der Waals surface area contributed by atoms with Crippen molar-refractivity contribution >= 4 is 23.8 Å². The van der Waals surface area contributed by atoms with Gasteiger partial charge in [-0.05, 0) is 42.5 Å². The lowest BCUT2D eigenvalue weighted by atomic mass is 10.00. The molecule has 1 atom stereocenters. The first-order valence-electron chi connectivity index (χ1n) is 9.22. The molecule has 1 aromatic heterocycles. The molecule has 0 saturated carbocycles. The van der Waals surface area contributed by atoms with Crippen molar-refractivity contribution in [3.8, 4) is 0 Å². The van der Waals surface area contributed by atoms with Gasteiger partial charge in [-0.15, -0.1) is 0 Å². The second kappa shape index (κ2) is 10.2. The molecule has 0 radical (unpaired) electrons. The average Bonchev–Trinajstić information content (AvgIpc) is 3.14. The Morgan fingerprint density at radius 2 is 1.86 bits per heavy atom. The van der Waals surface area contributed by atoms with Crippen molar-refractivity contribution < 1.29 is 23.7 Å². The van der Waals surface area contributed by atoms with Crippen molar-refractivity contribution in [3.63, 3.8) is 0 Å². The fraction of sp³-hybridized carbons (Fsp3) is 0.333. The fourth-order valence-electron chi connectivity index (χ4n) is 2.65. The van der Waals surface area contributed by atoms with E-state index in [0.29, 0.717) is 5.92 Å². The largest absolute Gasteiger partial charge is 0.452 e. The molecule has 1 amide bonds. The van der Waals surface area contributed by atoms with Crippen LogP contribution in [0.25, 0.3) is 6.08 Å². The minimum Gasteiger partial charge on any atom is -0.452 e. The molecule has 2 rings (SSSR count). The monoisotopic (exact) mass is 400 g/mol. The smallest absolute Gasteiger partial charge is 0.433 e. The summed E-state index contributed by atoms with van der Waals surface area (Å²) in [6.07, 6.45) is 3.26. The third kappa shape index (κ3) is 7.25. The topological polar surface area (TPSA) is 112 Å². The molecule has 0 spiro atoms. The summed E-state index contributed by atoms with van der Waals surface area (Å²) in [4.78, 5) is 33.5. The highest BCUT2D eigenvalue weighted by Crippen LogP contribution is 2.17. The van der Waals surface area contributed by atoms with E-state index in [-0.39, 0.29) is 11.8 Å². The zero-order chi connectivity index (χ0) is 21.4. The zero-order valence-electron chi connectivity index (χ0n) is 16.6. The Bertz CT molecular complexity index is 883. The highest BCUT2D eigenvalue weighted by Gasteiger charge is 2.12. The van der Waals surface area contributed by atoms with E-state index in [1.165, 1.54) is 23.8 Å². The molecule has 0 aliphatic carbocycles. The lowest BCUT2D eigenvalue weighted by Gasteiger charge is -2.15. The Hall–Kier alpha value is -3.42. The van der Waals surface area contributed by atoms with Crippen LogP contribution in [0.4, 0.5) is 5.88 Å². The predicted octanol–water partition coefficient (Wildman–Crippen LogP) is 3.82. The van der Waals surface area contributed by atoms with E-state index in [4.69, 9.17) is 9.15 Å². The average molecular weight is 400 g/mol. The number of ether oxygens (including phenoxy) is 1. The zero-order valence-corrected chi connectivity index (χ0v) is 16.6. The predicted molar refractivity (Wildman–Crippen MR) is 107 cm³/mol. The number of esters is 1. The molecular weight excluding hydrogens is 376 g/mol. The van der Waals surface area contributed by atoms with Crippen molar-refractivity contribution in [2.75, 3.05) is 6.61 Å². The number of furan rings is 1. The molecule has 1 heterocycles. The summed E-state index contributed by atoms with van der Waals surface area (Å²) in [6.45, 7) is 5.73. The van der Waals surface area contributed by atoms with Gasteiger partial charge in [0.1, 0.15) is 10.7 Å². The minimum absolute atomic E-state index is 0.132.